The van der Waals surface area contributed by atoms with Crippen molar-refractivity contribution in [2.75, 3.05) is 12.0 Å². The second-order valence-electron chi connectivity index (χ2n) is 10.5. The van der Waals surface area contributed by atoms with Gasteiger partial charge in [-0.15, -0.1) is 0 Å². The van der Waals surface area contributed by atoms with Crippen LogP contribution in [0.25, 0.3) is 0 Å². The van der Waals surface area contributed by atoms with Gasteiger partial charge < -0.3 is 9.64 Å². The second kappa shape index (κ2) is 9.23. The molecular formula is C30H32N2O4. The molecule has 2 aromatic rings. The quantitative estimate of drug-likeness (QED) is 0.344. The number of likely N-dealkylation sites (tertiary alicyclic amines) is 1. The third-order valence-electron chi connectivity index (χ3n) is 8.67. The molecule has 1 saturated carbocycles. The summed E-state index contributed by atoms with van der Waals surface area (Å²) in [5.41, 5.74) is 1.68. The van der Waals surface area contributed by atoms with E-state index in [1.807, 2.05) is 54.6 Å². The van der Waals surface area contributed by atoms with E-state index in [1.54, 1.807) is 19.2 Å². The second-order valence-corrected chi connectivity index (χ2v) is 10.5. The van der Waals surface area contributed by atoms with Gasteiger partial charge in [0.1, 0.15) is 5.75 Å². The Morgan fingerprint density at radius 2 is 1.53 bits per heavy atom. The highest BCUT2D eigenvalue weighted by atomic mass is 16.5. The van der Waals surface area contributed by atoms with Gasteiger partial charge in [-0.2, -0.15) is 0 Å². The molecule has 3 fully saturated rings. The zero-order valence-electron chi connectivity index (χ0n) is 20.6. The predicted molar refractivity (Wildman–Crippen MR) is 136 cm³/mol. The number of fused-ring (bicyclic) bond motifs is 1. The van der Waals surface area contributed by atoms with Crippen molar-refractivity contribution in [2.24, 2.45) is 23.7 Å². The molecule has 0 unspecified atom stereocenters. The number of carbonyl (C=O) groups excluding carboxylic acids is 3. The molecule has 2 aromatic carbocycles. The van der Waals surface area contributed by atoms with Crippen molar-refractivity contribution in [3.8, 4) is 5.75 Å². The van der Waals surface area contributed by atoms with Crippen LogP contribution in [0.2, 0.25) is 0 Å². The number of anilines is 1. The van der Waals surface area contributed by atoms with Crippen molar-refractivity contribution in [2.45, 2.75) is 50.6 Å². The number of benzene rings is 2. The first-order valence-corrected chi connectivity index (χ1v) is 13.2. The highest BCUT2D eigenvalue weighted by Crippen LogP contribution is 2.54. The monoisotopic (exact) mass is 484 g/mol. The van der Waals surface area contributed by atoms with E-state index in [-0.39, 0.29) is 41.6 Å². The Balaban J connectivity index is 1.35. The predicted octanol–water partition coefficient (Wildman–Crippen LogP) is 4.91. The molecule has 3 amide bonds. The number of methoxy groups -OCH3 is 1. The summed E-state index contributed by atoms with van der Waals surface area (Å²) in [5, 5.41) is 0. The molecule has 6 heteroatoms. The number of amides is 3. The molecule has 0 spiro atoms. The molecule has 0 aromatic heterocycles. The zero-order chi connectivity index (χ0) is 24.8. The molecule has 2 heterocycles. The number of ether oxygens (including phenoxy) is 1. The largest absolute Gasteiger partial charge is 0.497 e. The van der Waals surface area contributed by atoms with Crippen LogP contribution in [-0.2, 0) is 14.4 Å². The maximum Gasteiger partial charge on any atom is 0.238 e. The summed E-state index contributed by atoms with van der Waals surface area (Å²) in [5.74, 6) is -1.00. The number of para-hydroxylation sites is 1. The summed E-state index contributed by atoms with van der Waals surface area (Å²) >= 11 is 0. The molecule has 2 saturated heterocycles. The summed E-state index contributed by atoms with van der Waals surface area (Å²) < 4.78 is 5.37. The van der Waals surface area contributed by atoms with Crippen molar-refractivity contribution in [1.82, 2.24) is 4.90 Å². The van der Waals surface area contributed by atoms with E-state index in [9.17, 15) is 14.4 Å². The van der Waals surface area contributed by atoms with Crippen molar-refractivity contribution in [3.05, 3.63) is 72.3 Å². The molecule has 2 aliphatic heterocycles. The van der Waals surface area contributed by atoms with E-state index in [0.29, 0.717) is 12.1 Å². The number of carbonyl (C=O) groups is 3. The van der Waals surface area contributed by atoms with E-state index in [2.05, 4.69) is 4.90 Å². The number of imide groups is 1. The fourth-order valence-corrected chi connectivity index (χ4v) is 6.95. The minimum absolute atomic E-state index is 0.103. The van der Waals surface area contributed by atoms with Crippen LogP contribution in [0.3, 0.4) is 0 Å². The van der Waals surface area contributed by atoms with Gasteiger partial charge in [0.25, 0.3) is 0 Å². The highest BCUT2D eigenvalue weighted by Gasteiger charge is 2.60. The van der Waals surface area contributed by atoms with Gasteiger partial charge in [0.05, 0.1) is 36.6 Å². The van der Waals surface area contributed by atoms with Crippen LogP contribution >= 0.6 is 0 Å². The standard InChI is InChI=1S/C30H32N2O4/c1-36-22-17-15-19(16-18-22)27-26(30(35)31(27)20-9-4-2-5-10-20)23-13-8-14-24-25(23)29(34)32(28(24)33)21-11-6-3-7-12-21/h3,6-8,11-13,15-18,20,23-27H,2,4-5,9-10,14H2,1H3/t23-,24+,25-,26-,27+/m0/s1. The lowest BCUT2D eigenvalue weighted by Crippen LogP contribution is -2.62. The smallest absolute Gasteiger partial charge is 0.238 e. The number of allylic oxidation sites excluding steroid dienone is 2. The molecule has 6 rings (SSSR count). The molecule has 0 bridgehead atoms. The summed E-state index contributed by atoms with van der Waals surface area (Å²) in [7, 11) is 1.65. The third kappa shape index (κ3) is 3.57. The summed E-state index contributed by atoms with van der Waals surface area (Å²) in [6, 6.07) is 17.2. The van der Waals surface area contributed by atoms with Gasteiger partial charge in [0.2, 0.25) is 17.7 Å². The molecule has 36 heavy (non-hydrogen) atoms. The topological polar surface area (TPSA) is 66.9 Å². The Kier molecular flexibility index (Phi) is 5.90. The van der Waals surface area contributed by atoms with Gasteiger partial charge in [0, 0.05) is 12.0 Å². The first kappa shape index (κ1) is 23.0. The fraction of sp³-hybridized carbons (Fsp3) is 0.433. The van der Waals surface area contributed by atoms with Crippen molar-refractivity contribution in [3.63, 3.8) is 0 Å². The minimum Gasteiger partial charge on any atom is -0.497 e. The number of hydrogen-bond donors (Lipinski definition) is 0. The van der Waals surface area contributed by atoms with Crippen LogP contribution in [-0.4, -0.2) is 35.8 Å². The van der Waals surface area contributed by atoms with Crippen LogP contribution in [0.5, 0.6) is 5.75 Å². The average molecular weight is 485 g/mol. The zero-order valence-corrected chi connectivity index (χ0v) is 20.6. The molecule has 0 N–H and O–H groups in total. The van der Waals surface area contributed by atoms with Crippen LogP contribution in [0.15, 0.2) is 66.7 Å². The van der Waals surface area contributed by atoms with Gasteiger partial charge in [0.15, 0.2) is 0 Å². The third-order valence-corrected chi connectivity index (χ3v) is 8.67. The fourth-order valence-electron chi connectivity index (χ4n) is 6.95. The normalized spacial score (nSPS) is 30.4. The van der Waals surface area contributed by atoms with E-state index >= 15 is 0 Å². The van der Waals surface area contributed by atoms with E-state index in [0.717, 1.165) is 37.0 Å². The SMILES string of the molecule is COc1ccc([C@@H]2[C@H]([C@H]3C=CC[C@H]4C(=O)N(c5ccccc5)C(=O)[C@@H]34)C(=O)N2C2CCCCC2)cc1. The number of β-lactam (4-membered cyclic amide) rings is 1. The van der Waals surface area contributed by atoms with E-state index < -0.39 is 11.8 Å². The van der Waals surface area contributed by atoms with Crippen LogP contribution in [0, 0.1) is 23.7 Å². The Labute approximate surface area is 211 Å². The maximum absolute atomic E-state index is 13.9. The lowest BCUT2D eigenvalue weighted by atomic mass is 9.64. The summed E-state index contributed by atoms with van der Waals surface area (Å²) in [6.45, 7) is 0. The molecule has 5 atom stereocenters. The molecule has 0 radical (unpaired) electrons. The Bertz CT molecular complexity index is 1190. The minimum atomic E-state index is -0.508. The molecule has 186 valence electrons. The molecular weight excluding hydrogens is 452 g/mol. The molecule has 4 aliphatic rings. The van der Waals surface area contributed by atoms with E-state index in [1.165, 1.54) is 11.3 Å². The number of nitrogens with zero attached hydrogens (tertiary/aromatic N) is 2. The van der Waals surface area contributed by atoms with Crippen molar-refractivity contribution < 1.29 is 19.1 Å². The van der Waals surface area contributed by atoms with Gasteiger partial charge >= 0.3 is 0 Å². The molecule has 2 aliphatic carbocycles. The van der Waals surface area contributed by atoms with Crippen LogP contribution in [0.4, 0.5) is 5.69 Å². The summed E-state index contributed by atoms with van der Waals surface area (Å²) in [4.78, 5) is 44.4. The van der Waals surface area contributed by atoms with Gasteiger partial charge in [-0.3, -0.25) is 19.3 Å². The number of hydrogen-bond acceptors (Lipinski definition) is 4. The maximum atomic E-state index is 13.9. The first-order valence-electron chi connectivity index (χ1n) is 13.2. The van der Waals surface area contributed by atoms with Crippen LogP contribution < -0.4 is 9.64 Å². The summed E-state index contributed by atoms with van der Waals surface area (Å²) in [6.07, 6.45) is 10.1. The lowest BCUT2D eigenvalue weighted by molar-refractivity contribution is -0.169. The van der Waals surface area contributed by atoms with E-state index in [4.69, 9.17) is 4.74 Å². The Morgan fingerprint density at radius 3 is 2.22 bits per heavy atom. The van der Waals surface area contributed by atoms with Gasteiger partial charge in [-0.25, -0.2) is 0 Å². The van der Waals surface area contributed by atoms with Crippen LogP contribution in [0.1, 0.15) is 50.1 Å². The Morgan fingerprint density at radius 1 is 0.806 bits per heavy atom. The highest BCUT2D eigenvalue weighted by molar-refractivity contribution is 6.22. The average Bonchev–Trinajstić information content (AvgIpc) is 3.18. The molecule has 6 nitrogen and oxygen atoms in total. The van der Waals surface area contributed by atoms with Crippen molar-refractivity contribution in [1.29, 1.82) is 0 Å². The van der Waals surface area contributed by atoms with Gasteiger partial charge in [-0.1, -0.05) is 61.7 Å². The van der Waals surface area contributed by atoms with Gasteiger partial charge in [-0.05, 0) is 49.1 Å². The number of rotatable bonds is 5. The van der Waals surface area contributed by atoms with Crippen molar-refractivity contribution >= 4 is 23.4 Å². The first-order chi connectivity index (χ1) is 17.6. The lowest BCUT2D eigenvalue weighted by Gasteiger charge is -2.55. The Hall–Kier alpha value is -3.41.